The molecule has 3 aromatic rings. The summed E-state index contributed by atoms with van der Waals surface area (Å²) in [5.41, 5.74) is 2.34. The molecule has 0 atom stereocenters. The van der Waals surface area contributed by atoms with Crippen LogP contribution in [0.25, 0.3) is 17.0 Å². The van der Waals surface area contributed by atoms with Crippen LogP contribution in [0.2, 0.25) is 0 Å². The third-order valence-corrected chi connectivity index (χ3v) is 2.46. The lowest BCUT2D eigenvalue weighted by molar-refractivity contribution is 0.859. The molecule has 0 radical (unpaired) electrons. The summed E-state index contributed by atoms with van der Waals surface area (Å²) in [6.07, 6.45) is 8.55. The fourth-order valence-corrected chi connectivity index (χ4v) is 1.70. The molecule has 0 N–H and O–H groups in total. The van der Waals surface area contributed by atoms with E-state index >= 15 is 0 Å². The molecular formula is C11H8N6. The minimum atomic E-state index is 0.308. The molecule has 0 aromatic carbocycles. The second kappa shape index (κ2) is 3.72. The standard InChI is InChI=1S/C11H8N6/c12-1-4-16-5-6-17-11(16)7-9(15-17)10-8-13-2-3-14-10/h2-3,5-8H,4H2. The molecule has 0 aliphatic rings. The van der Waals surface area contributed by atoms with Crippen molar-refractivity contribution in [3.05, 3.63) is 37.1 Å². The van der Waals surface area contributed by atoms with Crippen LogP contribution >= 0.6 is 0 Å². The van der Waals surface area contributed by atoms with Gasteiger partial charge in [0.2, 0.25) is 0 Å². The van der Waals surface area contributed by atoms with Crippen molar-refractivity contribution in [1.82, 2.24) is 24.1 Å². The molecule has 6 heteroatoms. The molecule has 3 heterocycles. The number of hydrogen-bond acceptors (Lipinski definition) is 4. The van der Waals surface area contributed by atoms with Crippen LogP contribution in [0.15, 0.2) is 37.1 Å². The van der Waals surface area contributed by atoms with E-state index in [0.717, 1.165) is 17.0 Å². The van der Waals surface area contributed by atoms with E-state index in [1.807, 2.05) is 23.0 Å². The zero-order valence-electron chi connectivity index (χ0n) is 8.85. The molecule has 0 saturated carbocycles. The average molecular weight is 224 g/mol. The molecule has 3 aromatic heterocycles. The van der Waals surface area contributed by atoms with Gasteiger partial charge in [0.05, 0.1) is 12.3 Å². The first-order valence-corrected chi connectivity index (χ1v) is 5.06. The number of nitrogens with zero attached hydrogens (tertiary/aromatic N) is 6. The van der Waals surface area contributed by atoms with Crippen LogP contribution in [0, 0.1) is 11.3 Å². The summed E-state index contributed by atoms with van der Waals surface area (Å²) in [5.74, 6) is 0. The first-order chi connectivity index (χ1) is 8.38. The molecule has 3 rings (SSSR count). The Morgan fingerprint density at radius 2 is 2.18 bits per heavy atom. The molecule has 0 aliphatic carbocycles. The van der Waals surface area contributed by atoms with Gasteiger partial charge in [-0.15, -0.1) is 0 Å². The number of rotatable bonds is 2. The van der Waals surface area contributed by atoms with Gasteiger partial charge >= 0.3 is 0 Å². The first kappa shape index (κ1) is 9.54. The van der Waals surface area contributed by atoms with Gasteiger partial charge in [-0.1, -0.05) is 0 Å². The maximum Gasteiger partial charge on any atom is 0.137 e. The lowest BCUT2D eigenvalue weighted by Crippen LogP contribution is -1.92. The van der Waals surface area contributed by atoms with E-state index in [4.69, 9.17) is 5.26 Å². The summed E-state index contributed by atoms with van der Waals surface area (Å²) in [6, 6.07) is 4.00. The Balaban J connectivity index is 2.12. The molecule has 6 nitrogen and oxygen atoms in total. The maximum absolute atomic E-state index is 8.70. The second-order valence-corrected chi connectivity index (χ2v) is 3.51. The lowest BCUT2D eigenvalue weighted by Gasteiger charge is -1.93. The average Bonchev–Trinajstić information content (AvgIpc) is 2.93. The van der Waals surface area contributed by atoms with Crippen LogP contribution in [-0.4, -0.2) is 24.1 Å². The van der Waals surface area contributed by atoms with Crippen molar-refractivity contribution in [1.29, 1.82) is 5.26 Å². The summed E-state index contributed by atoms with van der Waals surface area (Å²) in [4.78, 5) is 8.19. The van der Waals surface area contributed by atoms with Crippen LogP contribution in [0.5, 0.6) is 0 Å². The Kier molecular flexibility index (Phi) is 2.09. The number of imidazole rings is 1. The summed E-state index contributed by atoms with van der Waals surface area (Å²) in [5, 5.41) is 13.1. The van der Waals surface area contributed by atoms with E-state index in [-0.39, 0.29) is 0 Å². The zero-order valence-corrected chi connectivity index (χ0v) is 8.85. The molecule has 17 heavy (non-hydrogen) atoms. The monoisotopic (exact) mass is 224 g/mol. The summed E-state index contributed by atoms with van der Waals surface area (Å²) in [7, 11) is 0. The van der Waals surface area contributed by atoms with Crippen molar-refractivity contribution < 1.29 is 0 Å². The van der Waals surface area contributed by atoms with Crippen molar-refractivity contribution in [2.75, 3.05) is 0 Å². The molecule has 0 aliphatic heterocycles. The van der Waals surface area contributed by atoms with Crippen LogP contribution in [0.3, 0.4) is 0 Å². The number of hydrogen-bond donors (Lipinski definition) is 0. The van der Waals surface area contributed by atoms with Gasteiger partial charge in [-0.2, -0.15) is 10.4 Å². The van der Waals surface area contributed by atoms with E-state index < -0.39 is 0 Å². The largest absolute Gasteiger partial charge is 0.318 e. The topological polar surface area (TPSA) is 71.8 Å². The predicted molar refractivity (Wildman–Crippen MR) is 59.8 cm³/mol. The fraction of sp³-hybridized carbons (Fsp3) is 0.0909. The minimum Gasteiger partial charge on any atom is -0.318 e. The second-order valence-electron chi connectivity index (χ2n) is 3.51. The highest BCUT2D eigenvalue weighted by molar-refractivity contribution is 5.60. The number of fused-ring (bicyclic) bond motifs is 1. The Bertz CT molecular complexity index is 688. The minimum absolute atomic E-state index is 0.308. The van der Waals surface area contributed by atoms with E-state index in [9.17, 15) is 0 Å². The zero-order chi connectivity index (χ0) is 11.7. The van der Waals surface area contributed by atoms with Gasteiger partial charge in [0.1, 0.15) is 23.6 Å². The Hall–Kier alpha value is -2.68. The van der Waals surface area contributed by atoms with Gasteiger partial charge in [0, 0.05) is 30.9 Å². The summed E-state index contributed by atoms with van der Waals surface area (Å²) < 4.78 is 3.55. The third kappa shape index (κ3) is 1.54. The maximum atomic E-state index is 8.70. The molecular weight excluding hydrogens is 216 g/mol. The molecule has 0 spiro atoms. The van der Waals surface area contributed by atoms with Crippen molar-refractivity contribution in [3.8, 4) is 17.5 Å². The van der Waals surface area contributed by atoms with Crippen molar-refractivity contribution >= 4 is 5.65 Å². The number of nitriles is 1. The van der Waals surface area contributed by atoms with Crippen molar-refractivity contribution in [2.45, 2.75) is 6.54 Å². The quantitative estimate of drug-likeness (QED) is 0.653. The predicted octanol–water partition coefficient (Wildman–Crippen LogP) is 1.12. The van der Waals surface area contributed by atoms with E-state index in [1.165, 1.54) is 0 Å². The van der Waals surface area contributed by atoms with E-state index in [0.29, 0.717) is 6.54 Å². The molecule has 0 unspecified atom stereocenters. The Labute approximate surface area is 96.8 Å². The third-order valence-electron chi connectivity index (χ3n) is 2.46. The van der Waals surface area contributed by atoms with Gasteiger partial charge in [0.25, 0.3) is 0 Å². The van der Waals surface area contributed by atoms with Crippen LogP contribution in [-0.2, 0) is 6.54 Å². The summed E-state index contributed by atoms with van der Waals surface area (Å²) >= 11 is 0. The smallest absolute Gasteiger partial charge is 0.137 e. The fourth-order valence-electron chi connectivity index (χ4n) is 1.70. The van der Waals surface area contributed by atoms with Gasteiger partial charge < -0.3 is 4.57 Å². The van der Waals surface area contributed by atoms with Crippen molar-refractivity contribution in [2.24, 2.45) is 0 Å². The molecule has 0 saturated heterocycles. The normalized spacial score (nSPS) is 10.5. The van der Waals surface area contributed by atoms with E-state index in [1.54, 1.807) is 23.1 Å². The lowest BCUT2D eigenvalue weighted by atomic mass is 10.3. The highest BCUT2D eigenvalue weighted by Gasteiger charge is 2.08. The molecule has 82 valence electrons. The van der Waals surface area contributed by atoms with Crippen LogP contribution in [0.4, 0.5) is 0 Å². The SMILES string of the molecule is N#CCn1ccn2nc(-c3cnccn3)cc12. The highest BCUT2D eigenvalue weighted by Crippen LogP contribution is 2.16. The van der Waals surface area contributed by atoms with Gasteiger partial charge in [-0.05, 0) is 0 Å². The summed E-state index contributed by atoms with van der Waals surface area (Å²) in [6.45, 7) is 0.308. The van der Waals surface area contributed by atoms with Crippen molar-refractivity contribution in [3.63, 3.8) is 0 Å². The Morgan fingerprint density at radius 1 is 1.24 bits per heavy atom. The van der Waals surface area contributed by atoms with Gasteiger partial charge in [-0.3, -0.25) is 9.97 Å². The molecule has 0 fully saturated rings. The first-order valence-electron chi connectivity index (χ1n) is 5.06. The molecule has 0 bridgehead atoms. The van der Waals surface area contributed by atoms with Gasteiger partial charge in [-0.25, -0.2) is 4.52 Å². The molecule has 0 amide bonds. The van der Waals surface area contributed by atoms with Gasteiger partial charge in [0.15, 0.2) is 0 Å². The Morgan fingerprint density at radius 3 is 2.94 bits per heavy atom. The number of aromatic nitrogens is 5. The van der Waals surface area contributed by atoms with Crippen LogP contribution < -0.4 is 0 Å². The highest BCUT2D eigenvalue weighted by atomic mass is 15.3. The van der Waals surface area contributed by atoms with E-state index in [2.05, 4.69) is 21.1 Å². The van der Waals surface area contributed by atoms with Crippen LogP contribution in [0.1, 0.15) is 0 Å².